The van der Waals surface area contributed by atoms with Crippen molar-refractivity contribution in [2.24, 2.45) is 0 Å². The number of carbonyl (C=O) groups excluding carboxylic acids is 2. The summed E-state index contributed by atoms with van der Waals surface area (Å²) in [6.45, 7) is 0.990. The second-order valence-corrected chi connectivity index (χ2v) is 3.91. The summed E-state index contributed by atoms with van der Waals surface area (Å²) < 4.78 is 37.8. The molecule has 1 rings (SSSR count). The number of benzene rings is 1. The molecule has 0 N–H and O–H groups in total. The van der Waals surface area contributed by atoms with Crippen molar-refractivity contribution in [1.82, 2.24) is 0 Å². The highest BCUT2D eigenvalue weighted by Crippen LogP contribution is 2.38. The molecule has 0 aliphatic heterocycles. The van der Waals surface area contributed by atoms with E-state index in [0.29, 0.717) is 0 Å². The zero-order chi connectivity index (χ0) is 12.5. The molecule has 0 heterocycles. The summed E-state index contributed by atoms with van der Waals surface area (Å²) in [5.74, 6) is -0.796. The summed E-state index contributed by atoms with van der Waals surface area (Å²) in [6, 6.07) is 2.27. The van der Waals surface area contributed by atoms with Gasteiger partial charge in [0.15, 0.2) is 12.1 Å². The van der Waals surface area contributed by atoms with Crippen molar-refractivity contribution in [3.8, 4) is 0 Å². The average molecular weight is 295 g/mol. The number of alkyl halides is 3. The van der Waals surface area contributed by atoms with Gasteiger partial charge in [-0.2, -0.15) is 13.2 Å². The van der Waals surface area contributed by atoms with E-state index in [1.807, 2.05) is 0 Å². The molecule has 0 aliphatic rings. The number of hydrogen-bond acceptors (Lipinski definition) is 2. The molecule has 0 aliphatic carbocycles. The van der Waals surface area contributed by atoms with E-state index in [1.54, 1.807) is 0 Å². The molecule has 0 spiro atoms. The van der Waals surface area contributed by atoms with Crippen LogP contribution >= 0.6 is 15.9 Å². The van der Waals surface area contributed by atoms with Crippen LogP contribution in [0.1, 0.15) is 33.2 Å². The molecule has 6 heteroatoms. The molecule has 2 nitrogen and oxygen atoms in total. The zero-order valence-electron chi connectivity index (χ0n) is 8.06. The molecular weight excluding hydrogens is 289 g/mol. The number of aldehydes is 1. The maximum absolute atomic E-state index is 12.7. The Kier molecular flexibility index (Phi) is 3.52. The van der Waals surface area contributed by atoms with Crippen LogP contribution in [0.15, 0.2) is 16.6 Å². The average Bonchev–Trinajstić information content (AvgIpc) is 2.15. The van der Waals surface area contributed by atoms with Crippen molar-refractivity contribution in [2.75, 3.05) is 0 Å². The van der Waals surface area contributed by atoms with Crippen LogP contribution in [0, 0.1) is 0 Å². The Morgan fingerprint density at radius 1 is 1.38 bits per heavy atom. The Balaban J connectivity index is 3.68. The van der Waals surface area contributed by atoms with Gasteiger partial charge in [-0.05, 0) is 19.1 Å². The highest BCUT2D eigenvalue weighted by Gasteiger charge is 2.37. The number of ketones is 1. The van der Waals surface area contributed by atoms with E-state index in [9.17, 15) is 22.8 Å². The van der Waals surface area contributed by atoms with Crippen molar-refractivity contribution < 1.29 is 22.8 Å². The van der Waals surface area contributed by atoms with Gasteiger partial charge in [-0.15, -0.1) is 0 Å². The number of halogens is 4. The Bertz CT molecular complexity index is 452. The van der Waals surface area contributed by atoms with Gasteiger partial charge >= 0.3 is 6.18 Å². The number of Topliss-reactive ketones (excluding diaryl/α,β-unsaturated/α-hetero) is 1. The van der Waals surface area contributed by atoms with Gasteiger partial charge in [0, 0.05) is 15.6 Å². The quantitative estimate of drug-likeness (QED) is 0.618. The third-order valence-corrected chi connectivity index (χ3v) is 2.61. The minimum Gasteiger partial charge on any atom is -0.298 e. The fourth-order valence-electron chi connectivity index (χ4n) is 1.35. The van der Waals surface area contributed by atoms with Crippen LogP contribution in [0.4, 0.5) is 13.2 Å². The Morgan fingerprint density at radius 2 is 1.94 bits per heavy atom. The van der Waals surface area contributed by atoms with E-state index in [1.165, 1.54) is 6.07 Å². The van der Waals surface area contributed by atoms with Crippen molar-refractivity contribution in [2.45, 2.75) is 13.1 Å². The van der Waals surface area contributed by atoms with Crippen LogP contribution in [0.25, 0.3) is 0 Å². The molecule has 16 heavy (non-hydrogen) atoms. The first-order valence-corrected chi connectivity index (χ1v) is 4.94. The van der Waals surface area contributed by atoms with Crippen LogP contribution in [-0.2, 0) is 6.18 Å². The van der Waals surface area contributed by atoms with Crippen molar-refractivity contribution in [1.29, 1.82) is 0 Å². The Morgan fingerprint density at radius 3 is 2.31 bits per heavy atom. The lowest BCUT2D eigenvalue weighted by molar-refractivity contribution is -0.138. The van der Waals surface area contributed by atoms with Crippen LogP contribution in [0.5, 0.6) is 0 Å². The summed E-state index contributed by atoms with van der Waals surface area (Å²) in [5.41, 5.74) is -1.97. The normalized spacial score (nSPS) is 11.3. The summed E-state index contributed by atoms with van der Waals surface area (Å²) in [7, 11) is 0. The van der Waals surface area contributed by atoms with E-state index >= 15 is 0 Å². The first kappa shape index (κ1) is 12.9. The topological polar surface area (TPSA) is 34.1 Å². The fourth-order valence-corrected chi connectivity index (χ4v) is 1.90. The molecule has 1 aromatic carbocycles. The van der Waals surface area contributed by atoms with E-state index in [2.05, 4.69) is 15.9 Å². The Labute approximate surface area is 97.6 Å². The SMILES string of the molecule is CC(=O)c1c(C=O)ccc(Br)c1C(F)(F)F. The molecule has 0 saturated carbocycles. The highest BCUT2D eigenvalue weighted by atomic mass is 79.9. The maximum Gasteiger partial charge on any atom is 0.418 e. The smallest absolute Gasteiger partial charge is 0.298 e. The summed E-state index contributed by atoms with van der Waals surface area (Å²) in [4.78, 5) is 21.8. The number of hydrogen-bond donors (Lipinski definition) is 0. The van der Waals surface area contributed by atoms with Crippen LogP contribution in [0.2, 0.25) is 0 Å². The number of carbonyl (C=O) groups is 2. The molecule has 0 amide bonds. The van der Waals surface area contributed by atoms with Crippen molar-refractivity contribution in [3.05, 3.63) is 33.3 Å². The molecule has 0 saturated heterocycles. The summed E-state index contributed by atoms with van der Waals surface area (Å²) in [6.07, 6.45) is -4.45. The molecule has 0 bridgehead atoms. The van der Waals surface area contributed by atoms with Crippen LogP contribution in [-0.4, -0.2) is 12.1 Å². The predicted octanol–water partition coefficient (Wildman–Crippen LogP) is 3.48. The third kappa shape index (κ3) is 2.32. The molecule has 0 fully saturated rings. The second-order valence-electron chi connectivity index (χ2n) is 3.06. The van der Waals surface area contributed by atoms with E-state index < -0.39 is 23.1 Å². The molecule has 0 radical (unpaired) electrons. The second kappa shape index (κ2) is 4.37. The molecule has 0 unspecified atom stereocenters. The van der Waals surface area contributed by atoms with Crippen molar-refractivity contribution >= 4 is 28.0 Å². The summed E-state index contributed by atoms with van der Waals surface area (Å²) >= 11 is 2.73. The number of rotatable bonds is 2. The summed E-state index contributed by atoms with van der Waals surface area (Å²) in [5, 5.41) is 0. The molecule has 1 aromatic rings. The van der Waals surface area contributed by atoms with Gasteiger partial charge in [-0.3, -0.25) is 9.59 Å². The minimum atomic E-state index is -4.68. The zero-order valence-corrected chi connectivity index (χ0v) is 9.65. The lowest BCUT2D eigenvalue weighted by Crippen LogP contribution is -2.15. The molecular formula is C10H6BrF3O2. The van der Waals surface area contributed by atoms with Gasteiger partial charge in [0.2, 0.25) is 0 Å². The highest BCUT2D eigenvalue weighted by molar-refractivity contribution is 9.10. The standard InChI is InChI=1S/C10H6BrF3O2/c1-5(16)8-6(4-15)2-3-7(11)9(8)10(12,13)14/h2-4H,1H3. The van der Waals surface area contributed by atoms with Gasteiger partial charge in [0.1, 0.15) is 0 Å². The predicted molar refractivity (Wildman–Crippen MR) is 54.5 cm³/mol. The lowest BCUT2D eigenvalue weighted by Gasteiger charge is -2.14. The van der Waals surface area contributed by atoms with Crippen LogP contribution in [0.3, 0.4) is 0 Å². The fraction of sp³-hybridized carbons (Fsp3) is 0.200. The van der Waals surface area contributed by atoms with Gasteiger partial charge in [-0.25, -0.2) is 0 Å². The molecule has 86 valence electrons. The minimum absolute atomic E-state index is 0.235. The van der Waals surface area contributed by atoms with E-state index in [-0.39, 0.29) is 16.3 Å². The van der Waals surface area contributed by atoms with Gasteiger partial charge in [0.25, 0.3) is 0 Å². The van der Waals surface area contributed by atoms with Gasteiger partial charge in [-0.1, -0.05) is 15.9 Å². The van der Waals surface area contributed by atoms with Gasteiger partial charge < -0.3 is 0 Å². The van der Waals surface area contributed by atoms with E-state index in [4.69, 9.17) is 0 Å². The largest absolute Gasteiger partial charge is 0.418 e. The van der Waals surface area contributed by atoms with Crippen LogP contribution < -0.4 is 0 Å². The molecule has 0 atom stereocenters. The Hall–Kier alpha value is -1.17. The molecule has 0 aromatic heterocycles. The van der Waals surface area contributed by atoms with Gasteiger partial charge in [0.05, 0.1) is 5.56 Å². The third-order valence-electron chi connectivity index (χ3n) is 1.95. The monoisotopic (exact) mass is 294 g/mol. The van der Waals surface area contributed by atoms with Crippen molar-refractivity contribution in [3.63, 3.8) is 0 Å². The van der Waals surface area contributed by atoms with E-state index in [0.717, 1.165) is 13.0 Å². The first-order valence-electron chi connectivity index (χ1n) is 4.15. The lowest BCUT2D eigenvalue weighted by atomic mass is 9.98. The first-order chi connectivity index (χ1) is 7.29. The maximum atomic E-state index is 12.7.